The van der Waals surface area contributed by atoms with Gasteiger partial charge in [0.2, 0.25) is 0 Å². The van der Waals surface area contributed by atoms with Gasteiger partial charge in [0.05, 0.1) is 6.10 Å². The van der Waals surface area contributed by atoms with E-state index in [2.05, 4.69) is 47.8 Å². The minimum absolute atomic E-state index is 0. The van der Waals surface area contributed by atoms with Crippen molar-refractivity contribution in [3.8, 4) is 0 Å². The quantitative estimate of drug-likeness (QED) is 0.923. The average Bonchev–Trinajstić information content (AvgIpc) is 2.92. The maximum Gasteiger partial charge on any atom is 0.0700 e. The first-order valence-electron chi connectivity index (χ1n) is 6.72. The molecule has 1 saturated heterocycles. The first kappa shape index (κ1) is 14.3. The molecule has 1 heterocycles. The second-order valence-corrected chi connectivity index (χ2v) is 4.90. The molecule has 0 spiro atoms. The minimum atomic E-state index is 0. The smallest absolute Gasteiger partial charge is 0.0700 e. The number of nitrogens with one attached hydrogen (secondary N) is 1. The molecule has 3 heteroatoms. The van der Waals surface area contributed by atoms with E-state index in [9.17, 15) is 0 Å². The van der Waals surface area contributed by atoms with Crippen LogP contribution >= 0.6 is 12.4 Å². The van der Waals surface area contributed by atoms with Gasteiger partial charge >= 0.3 is 0 Å². The van der Waals surface area contributed by atoms with E-state index in [1.54, 1.807) is 0 Å². The molecule has 19 heavy (non-hydrogen) atoms. The van der Waals surface area contributed by atoms with E-state index in [1.165, 1.54) is 29.2 Å². The zero-order chi connectivity index (χ0) is 12.2. The fourth-order valence-corrected chi connectivity index (χ4v) is 2.62. The summed E-state index contributed by atoms with van der Waals surface area (Å²) in [5, 5.41) is 6.17. The molecule has 0 bridgehead atoms. The van der Waals surface area contributed by atoms with E-state index in [4.69, 9.17) is 4.74 Å². The number of hydrogen-bond acceptors (Lipinski definition) is 2. The number of ether oxygens (including phenoxy) is 1. The highest BCUT2D eigenvalue weighted by atomic mass is 35.5. The van der Waals surface area contributed by atoms with Gasteiger partial charge in [0, 0.05) is 19.7 Å². The molecule has 1 aliphatic heterocycles. The lowest BCUT2D eigenvalue weighted by Gasteiger charge is -2.12. The van der Waals surface area contributed by atoms with Crippen molar-refractivity contribution in [1.82, 2.24) is 5.32 Å². The van der Waals surface area contributed by atoms with Crippen molar-refractivity contribution < 1.29 is 4.74 Å². The Kier molecular flexibility index (Phi) is 5.20. The molecule has 102 valence electrons. The van der Waals surface area contributed by atoms with Gasteiger partial charge in [-0.3, -0.25) is 0 Å². The lowest BCUT2D eigenvalue weighted by molar-refractivity contribution is 0.110. The first-order chi connectivity index (χ1) is 8.93. The van der Waals surface area contributed by atoms with E-state index in [-0.39, 0.29) is 12.4 Å². The van der Waals surface area contributed by atoms with Crippen LogP contribution in [0.4, 0.5) is 0 Å². The Bertz CT molecular complexity index is 518. The highest BCUT2D eigenvalue weighted by Crippen LogP contribution is 2.18. The number of benzene rings is 2. The van der Waals surface area contributed by atoms with E-state index in [1.807, 2.05) is 0 Å². The van der Waals surface area contributed by atoms with Crippen LogP contribution in [0.5, 0.6) is 0 Å². The van der Waals surface area contributed by atoms with Gasteiger partial charge in [0.25, 0.3) is 0 Å². The van der Waals surface area contributed by atoms with Crippen LogP contribution in [-0.4, -0.2) is 19.3 Å². The van der Waals surface area contributed by atoms with Crippen LogP contribution < -0.4 is 5.32 Å². The van der Waals surface area contributed by atoms with E-state index in [0.717, 1.165) is 19.7 Å². The number of fused-ring (bicyclic) bond motifs is 1. The zero-order valence-corrected chi connectivity index (χ0v) is 11.8. The summed E-state index contributed by atoms with van der Waals surface area (Å²) >= 11 is 0. The molecular formula is C16H20ClNO. The number of halogens is 1. The molecule has 1 atom stereocenters. The fraction of sp³-hybridized carbons (Fsp3) is 0.375. The maximum absolute atomic E-state index is 5.62. The minimum Gasteiger partial charge on any atom is -0.377 e. The standard InChI is InChI=1S/C16H19NO.ClH/c1-2-9-16-13(5-1)6-3-7-14(16)11-17-12-15-8-4-10-18-15;/h1-3,5-7,9,15,17H,4,8,10-12H2;1H. The Hall–Kier alpha value is -1.09. The van der Waals surface area contributed by atoms with Gasteiger partial charge in [-0.2, -0.15) is 0 Å². The van der Waals surface area contributed by atoms with Crippen LogP contribution in [0, 0.1) is 0 Å². The van der Waals surface area contributed by atoms with Crippen molar-refractivity contribution in [3.63, 3.8) is 0 Å². The lowest BCUT2D eigenvalue weighted by Crippen LogP contribution is -2.25. The van der Waals surface area contributed by atoms with Crippen molar-refractivity contribution >= 4 is 23.2 Å². The van der Waals surface area contributed by atoms with Crippen molar-refractivity contribution in [2.75, 3.05) is 13.2 Å². The maximum atomic E-state index is 5.62. The summed E-state index contributed by atoms with van der Waals surface area (Å²) in [6.07, 6.45) is 2.82. The van der Waals surface area contributed by atoms with Crippen molar-refractivity contribution in [2.24, 2.45) is 0 Å². The third kappa shape index (κ3) is 3.47. The van der Waals surface area contributed by atoms with E-state index < -0.39 is 0 Å². The summed E-state index contributed by atoms with van der Waals surface area (Å²) in [7, 11) is 0. The monoisotopic (exact) mass is 277 g/mol. The van der Waals surface area contributed by atoms with Crippen LogP contribution in [0.3, 0.4) is 0 Å². The molecule has 0 radical (unpaired) electrons. The van der Waals surface area contributed by atoms with Gasteiger partial charge in [0.1, 0.15) is 0 Å². The first-order valence-corrected chi connectivity index (χ1v) is 6.72. The summed E-state index contributed by atoms with van der Waals surface area (Å²) in [4.78, 5) is 0. The molecular weight excluding hydrogens is 258 g/mol. The Labute approximate surface area is 120 Å². The molecule has 2 nitrogen and oxygen atoms in total. The van der Waals surface area contributed by atoms with Crippen molar-refractivity contribution in [1.29, 1.82) is 0 Å². The number of hydrogen-bond donors (Lipinski definition) is 1. The summed E-state index contributed by atoms with van der Waals surface area (Å²) in [6, 6.07) is 15.0. The third-order valence-electron chi connectivity index (χ3n) is 3.59. The Balaban J connectivity index is 0.00000133. The molecule has 2 aromatic rings. The molecule has 1 aliphatic rings. The number of rotatable bonds is 4. The highest BCUT2D eigenvalue weighted by molar-refractivity contribution is 5.85. The van der Waals surface area contributed by atoms with Gasteiger partial charge in [-0.1, -0.05) is 42.5 Å². The lowest BCUT2D eigenvalue weighted by atomic mass is 10.0. The van der Waals surface area contributed by atoms with Crippen LogP contribution in [0.1, 0.15) is 18.4 Å². The highest BCUT2D eigenvalue weighted by Gasteiger charge is 2.14. The Morgan fingerprint density at radius 1 is 1.11 bits per heavy atom. The van der Waals surface area contributed by atoms with Gasteiger partial charge in [-0.15, -0.1) is 12.4 Å². The summed E-state index contributed by atoms with van der Waals surface area (Å²) in [6.45, 7) is 2.81. The molecule has 0 amide bonds. The normalized spacial score (nSPS) is 18.4. The van der Waals surface area contributed by atoms with Crippen LogP contribution in [-0.2, 0) is 11.3 Å². The second-order valence-electron chi connectivity index (χ2n) is 4.90. The molecule has 2 aromatic carbocycles. The van der Waals surface area contributed by atoms with E-state index >= 15 is 0 Å². The second kappa shape index (κ2) is 6.90. The topological polar surface area (TPSA) is 21.3 Å². The Morgan fingerprint density at radius 3 is 2.79 bits per heavy atom. The third-order valence-corrected chi connectivity index (χ3v) is 3.59. The SMILES string of the molecule is Cl.c1ccc2c(CNCC3CCCO3)cccc2c1. The fourth-order valence-electron chi connectivity index (χ4n) is 2.62. The van der Waals surface area contributed by atoms with Crippen LogP contribution in [0.25, 0.3) is 10.8 Å². The van der Waals surface area contributed by atoms with Gasteiger partial charge in [0.15, 0.2) is 0 Å². The summed E-state index contributed by atoms with van der Waals surface area (Å²) < 4.78 is 5.62. The van der Waals surface area contributed by atoms with Crippen molar-refractivity contribution in [2.45, 2.75) is 25.5 Å². The van der Waals surface area contributed by atoms with Crippen LogP contribution in [0.15, 0.2) is 42.5 Å². The predicted octanol–water partition coefficient (Wildman–Crippen LogP) is 3.53. The van der Waals surface area contributed by atoms with Gasteiger partial charge < -0.3 is 10.1 Å². The van der Waals surface area contributed by atoms with Crippen LogP contribution in [0.2, 0.25) is 0 Å². The average molecular weight is 278 g/mol. The molecule has 0 aliphatic carbocycles. The molecule has 3 rings (SSSR count). The molecule has 1 unspecified atom stereocenters. The largest absolute Gasteiger partial charge is 0.377 e. The summed E-state index contributed by atoms with van der Waals surface area (Å²) in [5.41, 5.74) is 1.37. The van der Waals surface area contributed by atoms with E-state index in [0.29, 0.717) is 6.10 Å². The van der Waals surface area contributed by atoms with Gasteiger partial charge in [-0.05, 0) is 29.2 Å². The van der Waals surface area contributed by atoms with Gasteiger partial charge in [-0.25, -0.2) is 0 Å². The van der Waals surface area contributed by atoms with Crippen molar-refractivity contribution in [3.05, 3.63) is 48.0 Å². The Morgan fingerprint density at radius 2 is 1.95 bits per heavy atom. The predicted molar refractivity (Wildman–Crippen MR) is 81.9 cm³/mol. The molecule has 0 saturated carbocycles. The summed E-state index contributed by atoms with van der Waals surface area (Å²) in [5.74, 6) is 0. The molecule has 0 aromatic heterocycles. The molecule has 1 fully saturated rings. The zero-order valence-electron chi connectivity index (χ0n) is 11.0. The molecule has 1 N–H and O–H groups in total.